The molecule has 1 aliphatic rings. The van der Waals surface area contributed by atoms with Gasteiger partial charge in [0.05, 0.1) is 24.5 Å². The molecule has 20 heavy (non-hydrogen) atoms. The van der Waals surface area contributed by atoms with Crippen molar-refractivity contribution in [1.82, 2.24) is 0 Å². The van der Waals surface area contributed by atoms with Crippen molar-refractivity contribution in [3.8, 4) is 5.75 Å². The minimum Gasteiger partial charge on any atom is -0.493 e. The molecule has 0 aliphatic carbocycles. The third-order valence-corrected chi connectivity index (χ3v) is 4.84. The standard InChI is InChI=1S/C13H18N2O4S/c14-13(16)5-7-19-12-3-1-10(2-4-12)15-11-6-8-20(17,18)9-11/h1-4,11,15H,5-9H2,(H2,14,16). The SMILES string of the molecule is NC(=O)CCOc1ccc(NC2CCS(=O)(=O)C2)cc1. The molecule has 0 radical (unpaired) electrons. The molecule has 0 bridgehead atoms. The second kappa shape index (κ2) is 6.13. The number of benzene rings is 1. The Morgan fingerprint density at radius 1 is 1.35 bits per heavy atom. The highest BCUT2D eigenvalue weighted by molar-refractivity contribution is 7.91. The molecule has 0 aromatic heterocycles. The average molecular weight is 298 g/mol. The van der Waals surface area contributed by atoms with Gasteiger partial charge in [-0.05, 0) is 30.7 Å². The number of carbonyl (C=O) groups excluding carboxylic acids is 1. The summed E-state index contributed by atoms with van der Waals surface area (Å²) in [4.78, 5) is 10.6. The molecule has 0 spiro atoms. The zero-order valence-corrected chi connectivity index (χ0v) is 11.9. The maximum atomic E-state index is 11.4. The Bertz CT molecular complexity index is 569. The van der Waals surface area contributed by atoms with Gasteiger partial charge in [0, 0.05) is 11.7 Å². The largest absolute Gasteiger partial charge is 0.493 e. The van der Waals surface area contributed by atoms with Gasteiger partial charge in [-0.15, -0.1) is 0 Å². The monoisotopic (exact) mass is 298 g/mol. The van der Waals surface area contributed by atoms with Crippen molar-refractivity contribution in [2.45, 2.75) is 18.9 Å². The van der Waals surface area contributed by atoms with Gasteiger partial charge in [-0.3, -0.25) is 4.79 Å². The number of carbonyl (C=O) groups is 1. The Labute approximate surface area is 118 Å². The molecule has 1 atom stereocenters. The van der Waals surface area contributed by atoms with Crippen LogP contribution >= 0.6 is 0 Å². The van der Waals surface area contributed by atoms with E-state index >= 15 is 0 Å². The lowest BCUT2D eigenvalue weighted by Crippen LogP contribution is -2.20. The van der Waals surface area contributed by atoms with E-state index in [2.05, 4.69) is 5.32 Å². The van der Waals surface area contributed by atoms with Gasteiger partial charge >= 0.3 is 0 Å². The van der Waals surface area contributed by atoms with Gasteiger partial charge in [-0.25, -0.2) is 8.42 Å². The van der Waals surface area contributed by atoms with Crippen LogP contribution in [0.1, 0.15) is 12.8 Å². The van der Waals surface area contributed by atoms with Gasteiger partial charge in [0.15, 0.2) is 9.84 Å². The molecular formula is C13H18N2O4S. The minimum atomic E-state index is -2.87. The van der Waals surface area contributed by atoms with Gasteiger partial charge in [0.1, 0.15) is 5.75 Å². The van der Waals surface area contributed by atoms with Crippen molar-refractivity contribution in [1.29, 1.82) is 0 Å². The highest BCUT2D eigenvalue weighted by Crippen LogP contribution is 2.20. The van der Waals surface area contributed by atoms with Crippen molar-refractivity contribution >= 4 is 21.4 Å². The quantitative estimate of drug-likeness (QED) is 0.798. The number of anilines is 1. The topological polar surface area (TPSA) is 98.5 Å². The first-order chi connectivity index (χ1) is 9.44. The molecule has 1 amide bonds. The van der Waals surface area contributed by atoms with Crippen LogP contribution in [0.5, 0.6) is 5.75 Å². The number of ether oxygens (including phenoxy) is 1. The van der Waals surface area contributed by atoms with Crippen LogP contribution in [0, 0.1) is 0 Å². The van der Waals surface area contributed by atoms with Gasteiger partial charge in [-0.2, -0.15) is 0 Å². The molecule has 6 nitrogen and oxygen atoms in total. The van der Waals surface area contributed by atoms with E-state index < -0.39 is 15.7 Å². The summed E-state index contributed by atoms with van der Waals surface area (Å²) in [5, 5.41) is 3.19. The summed E-state index contributed by atoms with van der Waals surface area (Å²) in [6, 6.07) is 7.16. The maximum Gasteiger partial charge on any atom is 0.220 e. The number of hydrogen-bond acceptors (Lipinski definition) is 5. The van der Waals surface area contributed by atoms with E-state index in [4.69, 9.17) is 10.5 Å². The first-order valence-electron chi connectivity index (χ1n) is 6.43. The smallest absolute Gasteiger partial charge is 0.220 e. The number of sulfone groups is 1. The lowest BCUT2D eigenvalue weighted by molar-refractivity contribution is -0.118. The van der Waals surface area contributed by atoms with E-state index in [9.17, 15) is 13.2 Å². The van der Waals surface area contributed by atoms with Crippen LogP contribution in [0.15, 0.2) is 24.3 Å². The van der Waals surface area contributed by atoms with Crippen LogP contribution in [0.4, 0.5) is 5.69 Å². The molecule has 1 saturated heterocycles. The normalized spacial score (nSPS) is 20.5. The summed E-state index contributed by atoms with van der Waals surface area (Å²) in [6.45, 7) is 0.253. The number of amides is 1. The lowest BCUT2D eigenvalue weighted by atomic mass is 10.2. The fourth-order valence-electron chi connectivity index (χ4n) is 2.06. The summed E-state index contributed by atoms with van der Waals surface area (Å²) >= 11 is 0. The number of rotatable bonds is 6. The van der Waals surface area contributed by atoms with Crippen LogP contribution in [-0.2, 0) is 14.6 Å². The molecule has 1 aromatic carbocycles. The Balaban J connectivity index is 1.84. The Morgan fingerprint density at radius 3 is 2.60 bits per heavy atom. The maximum absolute atomic E-state index is 11.4. The van der Waals surface area contributed by atoms with Crippen molar-refractivity contribution < 1.29 is 17.9 Å². The van der Waals surface area contributed by atoms with Crippen LogP contribution in [0.25, 0.3) is 0 Å². The van der Waals surface area contributed by atoms with Crippen LogP contribution in [0.3, 0.4) is 0 Å². The Morgan fingerprint density at radius 2 is 2.05 bits per heavy atom. The number of hydrogen-bond donors (Lipinski definition) is 2. The fraction of sp³-hybridized carbons (Fsp3) is 0.462. The summed E-state index contributed by atoms with van der Waals surface area (Å²) in [5.41, 5.74) is 5.87. The van der Waals surface area contributed by atoms with Gasteiger partial charge < -0.3 is 15.8 Å². The number of nitrogens with two attached hydrogens (primary N) is 1. The van der Waals surface area contributed by atoms with Gasteiger partial charge in [0.2, 0.25) is 5.91 Å². The first kappa shape index (κ1) is 14.6. The summed E-state index contributed by atoms with van der Waals surface area (Å²) < 4.78 is 28.1. The molecule has 1 unspecified atom stereocenters. The number of nitrogens with one attached hydrogen (secondary N) is 1. The van der Waals surface area contributed by atoms with Crippen molar-refractivity contribution in [2.24, 2.45) is 5.73 Å². The van der Waals surface area contributed by atoms with Gasteiger partial charge in [0.25, 0.3) is 0 Å². The third-order valence-electron chi connectivity index (χ3n) is 3.07. The highest BCUT2D eigenvalue weighted by Gasteiger charge is 2.27. The van der Waals surface area contributed by atoms with E-state index in [1.54, 1.807) is 12.1 Å². The zero-order valence-electron chi connectivity index (χ0n) is 11.0. The second-order valence-corrected chi connectivity index (χ2v) is 7.06. The fourth-order valence-corrected chi connectivity index (χ4v) is 3.73. The summed E-state index contributed by atoms with van der Waals surface area (Å²) in [6.07, 6.45) is 0.819. The molecule has 1 heterocycles. The molecule has 0 saturated carbocycles. The van der Waals surface area contributed by atoms with Crippen LogP contribution in [0.2, 0.25) is 0 Å². The average Bonchev–Trinajstić information content (AvgIpc) is 2.70. The summed E-state index contributed by atoms with van der Waals surface area (Å²) in [7, 11) is -2.87. The van der Waals surface area contributed by atoms with Crippen molar-refractivity contribution in [2.75, 3.05) is 23.4 Å². The molecule has 1 aliphatic heterocycles. The molecule has 110 valence electrons. The number of primary amides is 1. The van der Waals surface area contributed by atoms with Gasteiger partial charge in [-0.1, -0.05) is 0 Å². The van der Waals surface area contributed by atoms with Crippen molar-refractivity contribution in [3.05, 3.63) is 24.3 Å². The molecule has 1 aromatic rings. The highest BCUT2D eigenvalue weighted by atomic mass is 32.2. The predicted molar refractivity (Wildman–Crippen MR) is 76.4 cm³/mol. The Kier molecular flexibility index (Phi) is 4.49. The van der Waals surface area contributed by atoms with Crippen molar-refractivity contribution in [3.63, 3.8) is 0 Å². The van der Waals surface area contributed by atoms with E-state index in [0.717, 1.165) is 5.69 Å². The molecular weight excluding hydrogens is 280 g/mol. The lowest BCUT2D eigenvalue weighted by Gasteiger charge is -2.13. The van der Waals surface area contributed by atoms with E-state index in [1.807, 2.05) is 12.1 Å². The third kappa shape index (κ3) is 4.41. The van der Waals surface area contributed by atoms with Crippen LogP contribution in [-0.4, -0.2) is 38.5 Å². The van der Waals surface area contributed by atoms with E-state index in [1.165, 1.54) is 0 Å². The molecule has 3 N–H and O–H groups in total. The minimum absolute atomic E-state index is 0.0263. The zero-order chi connectivity index (χ0) is 14.6. The van der Waals surface area contributed by atoms with E-state index in [0.29, 0.717) is 12.2 Å². The van der Waals surface area contributed by atoms with Crippen LogP contribution < -0.4 is 15.8 Å². The second-order valence-electron chi connectivity index (χ2n) is 4.83. The predicted octanol–water partition coefficient (Wildman–Crippen LogP) is 0.540. The molecule has 1 fully saturated rings. The molecule has 7 heteroatoms. The Hall–Kier alpha value is -1.76. The van der Waals surface area contributed by atoms with E-state index in [-0.39, 0.29) is 30.6 Å². The summed E-state index contributed by atoms with van der Waals surface area (Å²) in [5.74, 6) is 0.685. The molecule has 2 rings (SSSR count). The first-order valence-corrected chi connectivity index (χ1v) is 8.25.